The second kappa shape index (κ2) is 7.92. The first-order chi connectivity index (χ1) is 12.8. The summed E-state index contributed by atoms with van der Waals surface area (Å²) in [6.45, 7) is 4.02. The zero-order valence-corrected chi connectivity index (χ0v) is 15.2. The smallest absolute Gasteiger partial charge is 0.321 e. The molecule has 4 nitrogen and oxygen atoms in total. The molecule has 2 aromatic rings. The van der Waals surface area contributed by atoms with Crippen LogP contribution in [0.4, 0.5) is 10.5 Å². The van der Waals surface area contributed by atoms with Gasteiger partial charge in [0.1, 0.15) is 0 Å². The topological polar surface area (TPSA) is 35.6 Å². The number of urea groups is 1. The van der Waals surface area contributed by atoms with E-state index >= 15 is 0 Å². The monoisotopic (exact) mass is 349 g/mol. The van der Waals surface area contributed by atoms with Crippen LogP contribution in [0.15, 0.2) is 54.6 Å². The van der Waals surface area contributed by atoms with Gasteiger partial charge in [0, 0.05) is 31.4 Å². The first kappa shape index (κ1) is 17.1. The summed E-state index contributed by atoms with van der Waals surface area (Å²) in [4.78, 5) is 17.5. The van der Waals surface area contributed by atoms with Gasteiger partial charge < -0.3 is 10.2 Å². The van der Waals surface area contributed by atoms with E-state index in [1.807, 2.05) is 29.2 Å². The van der Waals surface area contributed by atoms with E-state index in [0.717, 1.165) is 43.7 Å². The molecule has 2 saturated heterocycles. The number of hydrogen-bond acceptors (Lipinski definition) is 2. The molecular formula is C22H27N3O. The minimum absolute atomic E-state index is 0.0410. The van der Waals surface area contributed by atoms with E-state index in [0.29, 0.717) is 6.04 Å². The number of nitrogens with one attached hydrogen (secondary N) is 1. The van der Waals surface area contributed by atoms with Crippen LogP contribution in [0.1, 0.15) is 30.4 Å². The Morgan fingerprint density at radius 1 is 0.962 bits per heavy atom. The third-order valence-corrected chi connectivity index (χ3v) is 5.59. The molecule has 2 fully saturated rings. The van der Waals surface area contributed by atoms with E-state index in [4.69, 9.17) is 0 Å². The summed E-state index contributed by atoms with van der Waals surface area (Å²) in [6.07, 6.45) is 4.37. The van der Waals surface area contributed by atoms with Crippen molar-refractivity contribution in [3.05, 3.63) is 65.7 Å². The third-order valence-electron chi connectivity index (χ3n) is 5.59. The molecule has 0 aromatic heterocycles. The molecule has 1 atom stereocenters. The van der Waals surface area contributed by atoms with Crippen molar-refractivity contribution in [3.63, 3.8) is 0 Å². The fourth-order valence-corrected chi connectivity index (χ4v) is 4.20. The average molecular weight is 349 g/mol. The molecule has 2 aromatic carbocycles. The highest BCUT2D eigenvalue weighted by Crippen LogP contribution is 2.23. The van der Waals surface area contributed by atoms with Crippen molar-refractivity contribution in [2.24, 2.45) is 0 Å². The van der Waals surface area contributed by atoms with Gasteiger partial charge in [-0.3, -0.25) is 4.90 Å². The summed E-state index contributed by atoms with van der Waals surface area (Å²) >= 11 is 0. The number of fused-ring (bicyclic) bond motifs is 1. The van der Waals surface area contributed by atoms with Crippen LogP contribution in [0.3, 0.4) is 0 Å². The van der Waals surface area contributed by atoms with E-state index in [1.54, 1.807) is 0 Å². The summed E-state index contributed by atoms with van der Waals surface area (Å²) in [5.41, 5.74) is 3.34. The lowest BCUT2D eigenvalue weighted by atomic mass is 10.0. The molecular weight excluding hydrogens is 322 g/mol. The van der Waals surface area contributed by atoms with Gasteiger partial charge in [-0.2, -0.15) is 0 Å². The van der Waals surface area contributed by atoms with E-state index in [9.17, 15) is 4.79 Å². The van der Waals surface area contributed by atoms with Crippen molar-refractivity contribution < 1.29 is 4.79 Å². The zero-order chi connectivity index (χ0) is 17.8. The van der Waals surface area contributed by atoms with E-state index < -0.39 is 0 Å². The van der Waals surface area contributed by atoms with Crippen LogP contribution in [0, 0.1) is 0 Å². The third kappa shape index (κ3) is 3.91. The van der Waals surface area contributed by atoms with E-state index in [-0.39, 0.29) is 6.03 Å². The number of rotatable bonds is 3. The second-order valence-corrected chi connectivity index (χ2v) is 7.38. The van der Waals surface area contributed by atoms with Crippen LogP contribution in [0.25, 0.3) is 0 Å². The molecule has 0 saturated carbocycles. The molecule has 0 spiro atoms. The van der Waals surface area contributed by atoms with Crippen molar-refractivity contribution in [1.29, 1.82) is 0 Å². The average Bonchev–Trinajstić information content (AvgIpc) is 3.01. The molecule has 2 aliphatic heterocycles. The van der Waals surface area contributed by atoms with Crippen LogP contribution >= 0.6 is 0 Å². The Bertz CT molecular complexity index is 746. The second-order valence-electron chi connectivity index (χ2n) is 7.38. The SMILES string of the molecule is O=C(Nc1ccccc1Cc1ccccc1)N1CCCN2CCCC2C1. The van der Waals surface area contributed by atoms with Gasteiger partial charge in [-0.05, 0) is 49.4 Å². The number of anilines is 1. The lowest BCUT2D eigenvalue weighted by molar-refractivity contribution is 0.200. The number of carbonyl (C=O) groups is 1. The van der Waals surface area contributed by atoms with Gasteiger partial charge in [0.2, 0.25) is 0 Å². The number of para-hydroxylation sites is 1. The highest BCUT2D eigenvalue weighted by atomic mass is 16.2. The fourth-order valence-electron chi connectivity index (χ4n) is 4.20. The van der Waals surface area contributed by atoms with E-state index in [2.05, 4.69) is 40.5 Å². The Morgan fingerprint density at radius 2 is 1.73 bits per heavy atom. The molecule has 2 aliphatic rings. The Labute approximate surface area is 155 Å². The maximum absolute atomic E-state index is 12.9. The van der Waals surface area contributed by atoms with Crippen molar-refractivity contribution >= 4 is 11.7 Å². The normalized spacial score (nSPS) is 20.5. The first-order valence-electron chi connectivity index (χ1n) is 9.71. The number of amides is 2. The molecule has 1 unspecified atom stereocenters. The molecule has 0 aliphatic carbocycles. The molecule has 136 valence electrons. The van der Waals surface area contributed by atoms with Crippen LogP contribution in [0.2, 0.25) is 0 Å². The number of benzene rings is 2. The lowest BCUT2D eigenvalue weighted by Gasteiger charge is -2.26. The number of hydrogen-bond donors (Lipinski definition) is 1. The minimum Gasteiger partial charge on any atom is -0.323 e. The van der Waals surface area contributed by atoms with Crippen LogP contribution in [-0.2, 0) is 6.42 Å². The number of carbonyl (C=O) groups excluding carboxylic acids is 1. The molecule has 4 rings (SSSR count). The van der Waals surface area contributed by atoms with Gasteiger partial charge in [-0.1, -0.05) is 48.5 Å². The highest BCUT2D eigenvalue weighted by molar-refractivity contribution is 5.90. The Hall–Kier alpha value is -2.33. The highest BCUT2D eigenvalue weighted by Gasteiger charge is 2.30. The predicted molar refractivity (Wildman–Crippen MR) is 105 cm³/mol. The molecule has 0 radical (unpaired) electrons. The van der Waals surface area contributed by atoms with Gasteiger partial charge in [0.25, 0.3) is 0 Å². The minimum atomic E-state index is 0.0410. The van der Waals surface area contributed by atoms with Crippen LogP contribution < -0.4 is 5.32 Å². The standard InChI is InChI=1S/C22H27N3O/c26-22(25-15-7-14-24-13-6-11-20(24)17-25)23-21-12-5-4-10-19(21)16-18-8-2-1-3-9-18/h1-5,8-10,12,20H,6-7,11,13-17H2,(H,23,26). The summed E-state index contributed by atoms with van der Waals surface area (Å²) in [7, 11) is 0. The van der Waals surface area contributed by atoms with Crippen LogP contribution in [0.5, 0.6) is 0 Å². The maximum atomic E-state index is 12.9. The zero-order valence-electron chi connectivity index (χ0n) is 15.2. The van der Waals surface area contributed by atoms with Gasteiger partial charge in [-0.15, -0.1) is 0 Å². The Balaban J connectivity index is 1.45. The van der Waals surface area contributed by atoms with Crippen molar-refractivity contribution in [2.75, 3.05) is 31.5 Å². The summed E-state index contributed by atoms with van der Waals surface area (Å²) < 4.78 is 0. The molecule has 2 amide bonds. The molecule has 1 N–H and O–H groups in total. The summed E-state index contributed by atoms with van der Waals surface area (Å²) in [6, 6.07) is 19.1. The van der Waals surface area contributed by atoms with Gasteiger partial charge in [-0.25, -0.2) is 4.79 Å². The van der Waals surface area contributed by atoms with Crippen molar-refractivity contribution in [1.82, 2.24) is 9.80 Å². The van der Waals surface area contributed by atoms with Gasteiger partial charge in [0.15, 0.2) is 0 Å². The molecule has 2 heterocycles. The maximum Gasteiger partial charge on any atom is 0.321 e. The van der Waals surface area contributed by atoms with Crippen molar-refractivity contribution in [3.8, 4) is 0 Å². The van der Waals surface area contributed by atoms with E-state index in [1.165, 1.54) is 24.9 Å². The predicted octanol–water partition coefficient (Wildman–Crippen LogP) is 3.98. The van der Waals surface area contributed by atoms with Crippen molar-refractivity contribution in [2.45, 2.75) is 31.7 Å². The molecule has 26 heavy (non-hydrogen) atoms. The Morgan fingerprint density at radius 3 is 2.62 bits per heavy atom. The summed E-state index contributed by atoms with van der Waals surface area (Å²) in [5.74, 6) is 0. The largest absolute Gasteiger partial charge is 0.323 e. The quantitative estimate of drug-likeness (QED) is 0.910. The summed E-state index contributed by atoms with van der Waals surface area (Å²) in [5, 5.41) is 3.18. The van der Waals surface area contributed by atoms with Crippen LogP contribution in [-0.4, -0.2) is 48.1 Å². The lowest BCUT2D eigenvalue weighted by Crippen LogP contribution is -2.41. The van der Waals surface area contributed by atoms with Gasteiger partial charge in [0.05, 0.1) is 0 Å². The number of nitrogens with zero attached hydrogens (tertiary/aromatic N) is 2. The first-order valence-corrected chi connectivity index (χ1v) is 9.71. The fraction of sp³-hybridized carbons (Fsp3) is 0.409. The Kier molecular flexibility index (Phi) is 5.21. The molecule has 4 heteroatoms. The van der Waals surface area contributed by atoms with Gasteiger partial charge >= 0.3 is 6.03 Å². The molecule has 0 bridgehead atoms.